The van der Waals surface area contributed by atoms with Crippen molar-refractivity contribution >= 4 is 5.91 Å². The number of hydrogen-bond acceptors (Lipinski definition) is 4. The quantitative estimate of drug-likeness (QED) is 0.837. The van der Waals surface area contributed by atoms with E-state index in [-0.39, 0.29) is 12.5 Å². The Labute approximate surface area is 131 Å². The zero-order valence-electron chi connectivity index (χ0n) is 13.7. The average Bonchev–Trinajstić information content (AvgIpc) is 2.79. The molecule has 0 aromatic carbocycles. The topological polar surface area (TPSA) is 78.6 Å². The van der Waals surface area contributed by atoms with Crippen molar-refractivity contribution in [1.82, 2.24) is 14.7 Å². The predicted molar refractivity (Wildman–Crippen MR) is 83.3 cm³/mol. The van der Waals surface area contributed by atoms with Gasteiger partial charge in [0, 0.05) is 37.3 Å². The molecule has 2 heterocycles. The maximum absolute atomic E-state index is 12.6. The van der Waals surface area contributed by atoms with E-state index < -0.39 is 11.5 Å². The Kier molecular flexibility index (Phi) is 5.24. The van der Waals surface area contributed by atoms with E-state index in [0.29, 0.717) is 25.9 Å². The molecule has 1 amide bonds. The van der Waals surface area contributed by atoms with Crippen LogP contribution in [0.15, 0.2) is 6.20 Å². The third kappa shape index (κ3) is 3.33. The lowest BCUT2D eigenvalue weighted by atomic mass is 9.74. The molecule has 1 aliphatic rings. The van der Waals surface area contributed by atoms with E-state index in [1.165, 1.54) is 0 Å². The number of aryl methyl sites for hydroxylation is 2. The highest BCUT2D eigenvalue weighted by atomic mass is 16.3. The Balaban J connectivity index is 2.08. The number of hydrogen-bond donors (Lipinski definition) is 2. The first-order valence-electron chi connectivity index (χ1n) is 7.97. The third-order valence-electron chi connectivity index (χ3n) is 4.76. The molecule has 1 aromatic rings. The molecule has 124 valence electrons. The molecule has 6 heteroatoms. The van der Waals surface area contributed by atoms with Gasteiger partial charge in [-0.25, -0.2) is 0 Å². The van der Waals surface area contributed by atoms with Crippen LogP contribution in [0.3, 0.4) is 0 Å². The molecule has 22 heavy (non-hydrogen) atoms. The summed E-state index contributed by atoms with van der Waals surface area (Å²) >= 11 is 0. The van der Waals surface area contributed by atoms with Crippen LogP contribution in [-0.2, 0) is 18.3 Å². The molecule has 0 saturated carbocycles. The second-order valence-electron chi connectivity index (χ2n) is 6.48. The summed E-state index contributed by atoms with van der Waals surface area (Å²) in [5.74, 6) is 0.0388. The van der Waals surface area contributed by atoms with E-state index in [1.807, 2.05) is 27.1 Å². The van der Waals surface area contributed by atoms with Gasteiger partial charge in [0.15, 0.2) is 0 Å². The Morgan fingerprint density at radius 2 is 2.27 bits per heavy atom. The van der Waals surface area contributed by atoms with E-state index >= 15 is 0 Å². The van der Waals surface area contributed by atoms with Crippen molar-refractivity contribution in [2.24, 2.45) is 12.5 Å². The van der Waals surface area contributed by atoms with Gasteiger partial charge in [0.1, 0.15) is 0 Å². The van der Waals surface area contributed by atoms with E-state index in [0.717, 1.165) is 24.1 Å². The SMILES string of the molecule is CCC[C@@]1(CO)CN(C(=O)Cc2cn(C)nc2C)CC[C@@H]1O. The van der Waals surface area contributed by atoms with Gasteiger partial charge in [-0.1, -0.05) is 13.3 Å². The van der Waals surface area contributed by atoms with Crippen molar-refractivity contribution in [3.8, 4) is 0 Å². The van der Waals surface area contributed by atoms with E-state index in [2.05, 4.69) is 5.10 Å². The fourth-order valence-corrected chi connectivity index (χ4v) is 3.44. The molecule has 1 saturated heterocycles. The van der Waals surface area contributed by atoms with Crippen LogP contribution < -0.4 is 0 Å². The van der Waals surface area contributed by atoms with Crippen LogP contribution in [0.25, 0.3) is 0 Å². The molecule has 0 bridgehead atoms. The maximum Gasteiger partial charge on any atom is 0.227 e. The van der Waals surface area contributed by atoms with E-state index in [1.54, 1.807) is 9.58 Å². The highest BCUT2D eigenvalue weighted by Crippen LogP contribution is 2.34. The third-order valence-corrected chi connectivity index (χ3v) is 4.76. The first-order chi connectivity index (χ1) is 10.4. The number of amides is 1. The molecule has 0 spiro atoms. The van der Waals surface area contributed by atoms with Crippen molar-refractivity contribution in [2.45, 2.75) is 45.6 Å². The van der Waals surface area contributed by atoms with Gasteiger partial charge >= 0.3 is 0 Å². The molecular formula is C16H27N3O3. The number of rotatable bonds is 5. The highest BCUT2D eigenvalue weighted by molar-refractivity contribution is 5.79. The van der Waals surface area contributed by atoms with Gasteiger partial charge in [0.25, 0.3) is 0 Å². The fourth-order valence-electron chi connectivity index (χ4n) is 3.44. The monoisotopic (exact) mass is 309 g/mol. The average molecular weight is 309 g/mol. The lowest BCUT2D eigenvalue weighted by molar-refractivity contribution is -0.141. The van der Waals surface area contributed by atoms with Gasteiger partial charge in [0.2, 0.25) is 5.91 Å². The van der Waals surface area contributed by atoms with E-state index in [4.69, 9.17) is 0 Å². The van der Waals surface area contributed by atoms with Crippen LogP contribution in [-0.4, -0.2) is 56.6 Å². The van der Waals surface area contributed by atoms with Crippen LogP contribution in [0.2, 0.25) is 0 Å². The Hall–Kier alpha value is -1.40. The van der Waals surface area contributed by atoms with Gasteiger partial charge in [-0.3, -0.25) is 9.48 Å². The molecule has 0 radical (unpaired) electrons. The van der Waals surface area contributed by atoms with E-state index in [9.17, 15) is 15.0 Å². The zero-order valence-corrected chi connectivity index (χ0v) is 13.7. The summed E-state index contributed by atoms with van der Waals surface area (Å²) in [7, 11) is 1.84. The van der Waals surface area contributed by atoms with Gasteiger partial charge in [-0.2, -0.15) is 5.10 Å². The van der Waals surface area contributed by atoms with Crippen molar-refractivity contribution < 1.29 is 15.0 Å². The zero-order chi connectivity index (χ0) is 16.3. The fraction of sp³-hybridized carbons (Fsp3) is 0.750. The van der Waals surface area contributed by atoms with Gasteiger partial charge < -0.3 is 15.1 Å². The second kappa shape index (κ2) is 6.79. The largest absolute Gasteiger partial charge is 0.396 e. The lowest BCUT2D eigenvalue weighted by Crippen LogP contribution is -2.55. The minimum atomic E-state index is -0.577. The predicted octanol–water partition coefficient (Wildman–Crippen LogP) is 0.643. The minimum absolute atomic E-state index is 0.0388. The molecule has 1 aliphatic heterocycles. The minimum Gasteiger partial charge on any atom is -0.396 e. The summed E-state index contributed by atoms with van der Waals surface area (Å²) in [4.78, 5) is 14.4. The molecule has 0 aliphatic carbocycles. The number of aliphatic hydroxyl groups excluding tert-OH is 2. The summed E-state index contributed by atoms with van der Waals surface area (Å²) in [5, 5.41) is 24.3. The first-order valence-corrected chi connectivity index (χ1v) is 7.97. The molecule has 1 fully saturated rings. The van der Waals surface area contributed by atoms with Gasteiger partial charge in [0.05, 0.1) is 24.8 Å². The van der Waals surface area contributed by atoms with Gasteiger partial charge in [-0.15, -0.1) is 0 Å². The first kappa shape index (κ1) is 17.0. The molecule has 0 unspecified atom stereocenters. The van der Waals surface area contributed by atoms with Crippen LogP contribution in [0.5, 0.6) is 0 Å². The summed E-state index contributed by atoms with van der Waals surface area (Å²) in [6, 6.07) is 0. The highest BCUT2D eigenvalue weighted by Gasteiger charge is 2.42. The number of carbonyl (C=O) groups is 1. The Bertz CT molecular complexity index is 529. The molecule has 2 N–H and O–H groups in total. The summed E-state index contributed by atoms with van der Waals surface area (Å²) in [5.41, 5.74) is 1.23. The molecule has 6 nitrogen and oxygen atoms in total. The number of nitrogens with zero attached hydrogens (tertiary/aromatic N) is 3. The summed E-state index contributed by atoms with van der Waals surface area (Å²) < 4.78 is 1.72. The van der Waals surface area contributed by atoms with Crippen LogP contribution in [0.1, 0.15) is 37.4 Å². The van der Waals surface area contributed by atoms with Crippen LogP contribution in [0, 0.1) is 12.3 Å². The molecule has 2 atom stereocenters. The Morgan fingerprint density at radius 3 is 2.82 bits per heavy atom. The van der Waals surface area contributed by atoms with Crippen molar-refractivity contribution in [3.05, 3.63) is 17.5 Å². The van der Waals surface area contributed by atoms with Crippen molar-refractivity contribution in [2.75, 3.05) is 19.7 Å². The Morgan fingerprint density at radius 1 is 1.55 bits per heavy atom. The number of piperidine rings is 1. The summed E-state index contributed by atoms with van der Waals surface area (Å²) in [6.07, 6.45) is 3.78. The smallest absolute Gasteiger partial charge is 0.227 e. The number of carbonyl (C=O) groups excluding carboxylic acids is 1. The second-order valence-corrected chi connectivity index (χ2v) is 6.48. The molecule has 1 aromatic heterocycles. The van der Waals surface area contributed by atoms with Gasteiger partial charge in [-0.05, 0) is 19.8 Å². The van der Waals surface area contributed by atoms with Crippen molar-refractivity contribution in [1.29, 1.82) is 0 Å². The molecule has 2 rings (SSSR count). The number of aliphatic hydroxyl groups is 2. The number of likely N-dealkylation sites (tertiary alicyclic amines) is 1. The standard InChI is InChI=1S/C16H27N3O3/c1-4-6-16(11-20)10-19(7-5-14(16)21)15(22)8-13-9-18(3)17-12(13)2/h9,14,20-21H,4-8,10-11H2,1-3H3/t14-,16-/m0/s1. The lowest BCUT2D eigenvalue weighted by Gasteiger charge is -2.45. The normalized spacial score (nSPS) is 25.5. The van der Waals surface area contributed by atoms with Crippen molar-refractivity contribution in [3.63, 3.8) is 0 Å². The summed E-state index contributed by atoms with van der Waals surface area (Å²) in [6.45, 7) is 4.82. The maximum atomic E-state index is 12.6. The van der Waals surface area contributed by atoms with Crippen LogP contribution >= 0.6 is 0 Å². The van der Waals surface area contributed by atoms with Crippen LogP contribution in [0.4, 0.5) is 0 Å². The number of aromatic nitrogens is 2. The molecular weight excluding hydrogens is 282 g/mol.